The molecule has 0 aromatic carbocycles. The summed E-state index contributed by atoms with van der Waals surface area (Å²) in [6, 6.07) is -1.05. The summed E-state index contributed by atoms with van der Waals surface area (Å²) < 4.78 is 11.3. The van der Waals surface area contributed by atoms with Gasteiger partial charge in [-0.15, -0.1) is 0 Å². The molecule has 0 aromatic heterocycles. The van der Waals surface area contributed by atoms with Crippen molar-refractivity contribution in [2.45, 2.75) is 37.5 Å². The summed E-state index contributed by atoms with van der Waals surface area (Å²) in [5.74, 6) is -0.503. The van der Waals surface area contributed by atoms with Gasteiger partial charge in [-0.1, -0.05) is 6.42 Å². The predicted octanol–water partition coefficient (Wildman–Crippen LogP) is 0.648. The highest BCUT2D eigenvalue weighted by molar-refractivity contribution is 7.84. The maximum Gasteiger partial charge on any atom is 0.326 e. The van der Waals surface area contributed by atoms with Crippen LogP contribution in [0.5, 0.6) is 0 Å². The molecule has 1 aliphatic carbocycles. The monoisotopic (exact) mass is 302 g/mol. The molecule has 2 aliphatic rings. The molecule has 0 spiro atoms. The lowest BCUT2D eigenvalue weighted by molar-refractivity contribution is -0.142. The van der Waals surface area contributed by atoms with Crippen LogP contribution in [-0.2, 0) is 15.6 Å². The molecule has 1 heterocycles. The van der Waals surface area contributed by atoms with Gasteiger partial charge in [0, 0.05) is 35.4 Å². The molecule has 6 nitrogen and oxygen atoms in total. The van der Waals surface area contributed by atoms with E-state index in [0.29, 0.717) is 19.0 Å². The number of carboxylic acid groups (broad SMARTS) is 1. The molecular weight excluding hydrogens is 280 g/mol. The van der Waals surface area contributed by atoms with Gasteiger partial charge in [0.25, 0.3) is 0 Å². The third-order valence-electron chi connectivity index (χ3n) is 4.51. The van der Waals surface area contributed by atoms with Gasteiger partial charge in [0.1, 0.15) is 6.04 Å². The standard InChI is InChI=1S/C13H22N2O4S/c1-8(20(2)19)6-14-13(18)15-7-9-4-3-5-10(9)11(15)12(16)17/h8-11H,3-7H2,1-2H3,(H,14,18)(H,16,17). The molecule has 1 saturated carbocycles. The number of carbonyl (C=O) groups is 2. The van der Waals surface area contributed by atoms with Crippen molar-refractivity contribution >= 4 is 22.8 Å². The average molecular weight is 302 g/mol. The maximum absolute atomic E-state index is 12.2. The van der Waals surface area contributed by atoms with E-state index in [1.165, 1.54) is 4.90 Å². The topological polar surface area (TPSA) is 86.7 Å². The van der Waals surface area contributed by atoms with Crippen LogP contribution in [0.15, 0.2) is 0 Å². The minimum Gasteiger partial charge on any atom is -0.480 e. The molecule has 0 radical (unpaired) electrons. The number of fused-ring (bicyclic) bond motifs is 1. The normalized spacial score (nSPS) is 31.7. The highest BCUT2D eigenvalue weighted by Gasteiger charge is 2.49. The van der Waals surface area contributed by atoms with Gasteiger partial charge in [-0.3, -0.25) is 4.21 Å². The van der Waals surface area contributed by atoms with Gasteiger partial charge < -0.3 is 15.3 Å². The van der Waals surface area contributed by atoms with E-state index in [9.17, 15) is 18.9 Å². The Labute approximate surface area is 121 Å². The van der Waals surface area contributed by atoms with Gasteiger partial charge in [0.2, 0.25) is 0 Å². The first-order chi connectivity index (χ1) is 9.41. The number of aliphatic carboxylic acids is 1. The second-order valence-corrected chi connectivity index (χ2v) is 7.59. The Morgan fingerprint density at radius 1 is 1.45 bits per heavy atom. The van der Waals surface area contributed by atoms with Crippen LogP contribution in [0.3, 0.4) is 0 Å². The summed E-state index contributed by atoms with van der Waals surface area (Å²) in [7, 11) is -1.000. The van der Waals surface area contributed by atoms with Crippen molar-refractivity contribution in [2.75, 3.05) is 19.3 Å². The zero-order valence-corrected chi connectivity index (χ0v) is 12.7. The third kappa shape index (κ3) is 2.97. The second kappa shape index (κ2) is 6.11. The predicted molar refractivity (Wildman–Crippen MR) is 75.9 cm³/mol. The molecule has 2 fully saturated rings. The van der Waals surface area contributed by atoms with Crippen LogP contribution in [0.25, 0.3) is 0 Å². The molecule has 1 aliphatic heterocycles. The molecule has 2 amide bonds. The number of nitrogens with one attached hydrogen (secondary N) is 1. The molecule has 114 valence electrons. The van der Waals surface area contributed by atoms with E-state index in [-0.39, 0.29) is 17.2 Å². The summed E-state index contributed by atoms with van der Waals surface area (Å²) in [6.45, 7) is 2.63. The Hall–Kier alpha value is -1.11. The number of carbonyl (C=O) groups excluding carboxylic acids is 1. The number of hydrogen-bond donors (Lipinski definition) is 2. The van der Waals surface area contributed by atoms with E-state index in [0.717, 1.165) is 19.3 Å². The van der Waals surface area contributed by atoms with Crippen molar-refractivity contribution in [1.82, 2.24) is 10.2 Å². The van der Waals surface area contributed by atoms with Crippen LogP contribution in [0.4, 0.5) is 4.79 Å². The van der Waals surface area contributed by atoms with Crippen molar-refractivity contribution in [2.24, 2.45) is 11.8 Å². The molecule has 5 unspecified atom stereocenters. The van der Waals surface area contributed by atoms with E-state index in [2.05, 4.69) is 5.32 Å². The zero-order valence-electron chi connectivity index (χ0n) is 11.9. The summed E-state index contributed by atoms with van der Waals surface area (Å²) in [5.41, 5.74) is 0. The minimum absolute atomic E-state index is 0.0935. The van der Waals surface area contributed by atoms with Gasteiger partial charge in [-0.05, 0) is 31.6 Å². The number of carboxylic acids is 1. The van der Waals surface area contributed by atoms with Crippen LogP contribution in [0.1, 0.15) is 26.2 Å². The van der Waals surface area contributed by atoms with Crippen LogP contribution >= 0.6 is 0 Å². The molecule has 20 heavy (non-hydrogen) atoms. The Bertz CT molecular complexity index is 429. The highest BCUT2D eigenvalue weighted by Crippen LogP contribution is 2.42. The second-order valence-electron chi connectivity index (χ2n) is 5.79. The molecule has 2 N–H and O–H groups in total. The van der Waals surface area contributed by atoms with E-state index in [4.69, 9.17) is 0 Å². The first kappa shape index (κ1) is 15.3. The van der Waals surface area contributed by atoms with Crippen LogP contribution in [0, 0.1) is 11.8 Å². The van der Waals surface area contributed by atoms with E-state index in [1.807, 2.05) is 0 Å². The molecule has 5 atom stereocenters. The fraction of sp³-hybridized carbons (Fsp3) is 0.846. The Morgan fingerprint density at radius 3 is 2.75 bits per heavy atom. The van der Waals surface area contributed by atoms with E-state index >= 15 is 0 Å². The lowest BCUT2D eigenvalue weighted by Gasteiger charge is -2.25. The molecule has 0 bridgehead atoms. The number of nitrogens with zero attached hydrogens (tertiary/aromatic N) is 1. The zero-order chi connectivity index (χ0) is 14.9. The lowest BCUT2D eigenvalue weighted by Crippen LogP contribution is -2.49. The highest BCUT2D eigenvalue weighted by atomic mass is 32.2. The first-order valence-corrected chi connectivity index (χ1v) is 8.63. The number of rotatable bonds is 4. The number of likely N-dealkylation sites (tertiary alicyclic amines) is 1. The molecule has 1 saturated heterocycles. The van der Waals surface area contributed by atoms with Crippen LogP contribution < -0.4 is 5.32 Å². The third-order valence-corrected chi connectivity index (χ3v) is 5.81. The van der Waals surface area contributed by atoms with E-state index in [1.54, 1.807) is 13.2 Å². The largest absolute Gasteiger partial charge is 0.480 e. The SMILES string of the molecule is CC(CNC(=O)N1CC2CCCC2C1C(=O)O)S(C)=O. The smallest absolute Gasteiger partial charge is 0.326 e. The number of hydrogen-bond acceptors (Lipinski definition) is 3. The molecule has 2 rings (SSSR count). The van der Waals surface area contributed by atoms with Crippen molar-refractivity contribution in [1.29, 1.82) is 0 Å². The fourth-order valence-electron chi connectivity index (χ4n) is 3.28. The number of amides is 2. The van der Waals surface area contributed by atoms with Crippen molar-refractivity contribution in [3.05, 3.63) is 0 Å². The van der Waals surface area contributed by atoms with Crippen molar-refractivity contribution in [3.8, 4) is 0 Å². The Balaban J connectivity index is 1.98. The molecule has 0 aromatic rings. The minimum atomic E-state index is -1.000. The number of urea groups is 1. The van der Waals surface area contributed by atoms with Crippen LogP contribution in [-0.4, -0.2) is 56.9 Å². The van der Waals surface area contributed by atoms with Gasteiger partial charge in [0.15, 0.2) is 0 Å². The summed E-state index contributed by atoms with van der Waals surface area (Å²) in [6.07, 6.45) is 4.55. The molecule has 7 heteroatoms. The Morgan fingerprint density at radius 2 is 2.15 bits per heavy atom. The average Bonchev–Trinajstić information content (AvgIpc) is 2.94. The van der Waals surface area contributed by atoms with Crippen molar-refractivity contribution < 1.29 is 18.9 Å². The van der Waals surface area contributed by atoms with Gasteiger partial charge in [-0.2, -0.15) is 0 Å². The van der Waals surface area contributed by atoms with Gasteiger partial charge >= 0.3 is 12.0 Å². The quantitative estimate of drug-likeness (QED) is 0.798. The fourth-order valence-corrected chi connectivity index (χ4v) is 3.60. The lowest BCUT2D eigenvalue weighted by atomic mass is 9.94. The molecular formula is C13H22N2O4S. The van der Waals surface area contributed by atoms with Gasteiger partial charge in [0.05, 0.1) is 0 Å². The first-order valence-electron chi connectivity index (χ1n) is 7.01. The van der Waals surface area contributed by atoms with Gasteiger partial charge in [-0.25, -0.2) is 9.59 Å². The van der Waals surface area contributed by atoms with E-state index < -0.39 is 22.8 Å². The van der Waals surface area contributed by atoms with Crippen molar-refractivity contribution in [3.63, 3.8) is 0 Å². The maximum atomic E-state index is 12.2. The summed E-state index contributed by atoms with van der Waals surface area (Å²) >= 11 is 0. The Kier molecular flexibility index (Phi) is 4.67. The van der Waals surface area contributed by atoms with Crippen LogP contribution in [0.2, 0.25) is 0 Å². The summed E-state index contributed by atoms with van der Waals surface area (Å²) in [5, 5.41) is 12.0. The summed E-state index contributed by atoms with van der Waals surface area (Å²) in [4.78, 5) is 25.1.